The molecule has 4 nitrogen and oxygen atoms in total. The average Bonchev–Trinajstić information content (AvgIpc) is 2.71. The van der Waals surface area contributed by atoms with Crippen LogP contribution in [0.1, 0.15) is 11.4 Å². The maximum atomic E-state index is 12.4. The third-order valence-corrected chi connectivity index (χ3v) is 2.41. The number of rotatable bonds is 2. The van der Waals surface area contributed by atoms with E-state index in [1.165, 1.54) is 7.05 Å². The van der Waals surface area contributed by atoms with Gasteiger partial charge in [-0.1, -0.05) is 24.3 Å². The Balaban J connectivity index is 2.41. The molecule has 0 aliphatic rings. The van der Waals surface area contributed by atoms with Crippen LogP contribution in [-0.2, 0) is 19.8 Å². The highest BCUT2D eigenvalue weighted by molar-refractivity contribution is 5.55. The standard InChI is InChI=1S/C11H10F3N3O/c1-17-9(15-10(16-17)11(12,13)14)8-4-2-7(6-18)3-5-8/h2-5,18H,6H2,1H3. The summed E-state index contributed by atoms with van der Waals surface area (Å²) in [6.45, 7) is -0.118. The minimum atomic E-state index is -4.55. The lowest BCUT2D eigenvalue weighted by Gasteiger charge is -2.01. The minimum Gasteiger partial charge on any atom is -0.392 e. The molecule has 1 heterocycles. The molecule has 1 N–H and O–H groups in total. The van der Waals surface area contributed by atoms with Crippen LogP contribution in [-0.4, -0.2) is 19.9 Å². The molecule has 0 unspecified atom stereocenters. The Hall–Kier alpha value is -1.89. The maximum Gasteiger partial charge on any atom is 0.453 e. The largest absolute Gasteiger partial charge is 0.453 e. The van der Waals surface area contributed by atoms with Crippen LogP contribution in [0.4, 0.5) is 13.2 Å². The Bertz CT molecular complexity index is 546. The van der Waals surface area contributed by atoms with Crippen molar-refractivity contribution in [2.75, 3.05) is 0 Å². The number of aliphatic hydroxyl groups excluding tert-OH is 1. The molecule has 2 rings (SSSR count). The topological polar surface area (TPSA) is 50.9 Å². The third-order valence-electron chi connectivity index (χ3n) is 2.41. The summed E-state index contributed by atoms with van der Waals surface area (Å²) in [7, 11) is 1.40. The quantitative estimate of drug-likeness (QED) is 0.895. The molecular weight excluding hydrogens is 247 g/mol. The van der Waals surface area contributed by atoms with E-state index >= 15 is 0 Å². The molecule has 0 fully saturated rings. The lowest BCUT2D eigenvalue weighted by Crippen LogP contribution is -2.08. The molecule has 18 heavy (non-hydrogen) atoms. The van der Waals surface area contributed by atoms with E-state index in [9.17, 15) is 13.2 Å². The van der Waals surface area contributed by atoms with Gasteiger partial charge < -0.3 is 5.11 Å². The lowest BCUT2D eigenvalue weighted by atomic mass is 10.1. The van der Waals surface area contributed by atoms with Crippen LogP contribution in [0.3, 0.4) is 0 Å². The van der Waals surface area contributed by atoms with Crippen molar-refractivity contribution in [3.63, 3.8) is 0 Å². The van der Waals surface area contributed by atoms with Gasteiger partial charge in [-0.3, -0.25) is 0 Å². The molecular formula is C11H10F3N3O. The van der Waals surface area contributed by atoms with Gasteiger partial charge in [0.15, 0.2) is 5.82 Å². The molecule has 0 aliphatic carbocycles. The van der Waals surface area contributed by atoms with Gasteiger partial charge in [0.1, 0.15) is 0 Å². The molecule has 0 spiro atoms. The second kappa shape index (κ2) is 4.41. The SMILES string of the molecule is Cn1nc(C(F)(F)F)nc1-c1ccc(CO)cc1. The number of aryl methyl sites for hydroxylation is 1. The fourth-order valence-corrected chi connectivity index (χ4v) is 1.52. The maximum absolute atomic E-state index is 12.4. The first-order valence-corrected chi connectivity index (χ1v) is 5.10. The first-order valence-electron chi connectivity index (χ1n) is 5.10. The highest BCUT2D eigenvalue weighted by atomic mass is 19.4. The Morgan fingerprint density at radius 2 is 1.83 bits per heavy atom. The smallest absolute Gasteiger partial charge is 0.392 e. The molecule has 0 saturated carbocycles. The van der Waals surface area contributed by atoms with Gasteiger partial charge in [0, 0.05) is 12.6 Å². The van der Waals surface area contributed by atoms with Gasteiger partial charge in [-0.05, 0) is 5.56 Å². The summed E-state index contributed by atoms with van der Waals surface area (Å²) >= 11 is 0. The van der Waals surface area contributed by atoms with Crippen molar-refractivity contribution in [1.82, 2.24) is 14.8 Å². The van der Waals surface area contributed by atoms with Crippen molar-refractivity contribution in [3.05, 3.63) is 35.7 Å². The van der Waals surface area contributed by atoms with E-state index in [-0.39, 0.29) is 12.4 Å². The van der Waals surface area contributed by atoms with Crippen LogP contribution in [0.2, 0.25) is 0 Å². The lowest BCUT2D eigenvalue weighted by molar-refractivity contribution is -0.144. The molecule has 1 aromatic heterocycles. The van der Waals surface area contributed by atoms with Gasteiger partial charge in [-0.2, -0.15) is 13.2 Å². The van der Waals surface area contributed by atoms with Crippen LogP contribution < -0.4 is 0 Å². The average molecular weight is 257 g/mol. The Kier molecular flexibility index (Phi) is 3.08. The molecule has 0 aliphatic heterocycles. The number of hydrogen-bond donors (Lipinski definition) is 1. The number of benzene rings is 1. The zero-order chi connectivity index (χ0) is 13.3. The number of halogens is 3. The minimum absolute atomic E-state index is 0.118. The fourth-order valence-electron chi connectivity index (χ4n) is 1.52. The fraction of sp³-hybridized carbons (Fsp3) is 0.273. The van der Waals surface area contributed by atoms with Crippen molar-refractivity contribution in [3.8, 4) is 11.4 Å². The van der Waals surface area contributed by atoms with Crippen LogP contribution in [0.25, 0.3) is 11.4 Å². The number of alkyl halides is 3. The summed E-state index contributed by atoms with van der Waals surface area (Å²) in [5, 5.41) is 12.2. The van der Waals surface area contributed by atoms with Crippen molar-refractivity contribution in [2.24, 2.45) is 7.05 Å². The van der Waals surface area contributed by atoms with E-state index in [1.54, 1.807) is 24.3 Å². The van der Waals surface area contributed by atoms with Gasteiger partial charge in [-0.25, -0.2) is 9.67 Å². The number of hydrogen-bond acceptors (Lipinski definition) is 3. The van der Waals surface area contributed by atoms with Gasteiger partial charge in [0.25, 0.3) is 5.82 Å². The molecule has 2 aromatic rings. The molecule has 0 radical (unpaired) electrons. The summed E-state index contributed by atoms with van der Waals surface area (Å²) < 4.78 is 38.4. The van der Waals surface area contributed by atoms with Crippen LogP contribution in [0.5, 0.6) is 0 Å². The van der Waals surface area contributed by atoms with Crippen LogP contribution >= 0.6 is 0 Å². The zero-order valence-electron chi connectivity index (χ0n) is 9.44. The van der Waals surface area contributed by atoms with Gasteiger partial charge in [-0.15, -0.1) is 5.10 Å². The highest BCUT2D eigenvalue weighted by Crippen LogP contribution is 2.28. The van der Waals surface area contributed by atoms with E-state index in [0.29, 0.717) is 11.1 Å². The first kappa shape index (κ1) is 12.6. The summed E-state index contributed by atoms with van der Waals surface area (Å²) in [5.74, 6) is -1.03. The predicted octanol–water partition coefficient (Wildman–Crippen LogP) is 1.99. The van der Waals surface area contributed by atoms with Crippen molar-refractivity contribution in [2.45, 2.75) is 12.8 Å². The second-order valence-corrected chi connectivity index (χ2v) is 3.74. The van der Waals surface area contributed by atoms with E-state index in [2.05, 4.69) is 10.1 Å². The summed E-state index contributed by atoms with van der Waals surface area (Å²) in [4.78, 5) is 3.47. The monoisotopic (exact) mass is 257 g/mol. The van der Waals surface area contributed by atoms with E-state index in [1.807, 2.05) is 0 Å². The number of nitrogens with zero attached hydrogens (tertiary/aromatic N) is 3. The molecule has 96 valence electrons. The number of aromatic nitrogens is 3. The Labute approximate surface area is 101 Å². The van der Waals surface area contributed by atoms with Gasteiger partial charge >= 0.3 is 6.18 Å². The summed E-state index contributed by atoms with van der Waals surface area (Å²) in [5.41, 5.74) is 1.19. The van der Waals surface area contributed by atoms with E-state index in [4.69, 9.17) is 5.11 Å². The van der Waals surface area contributed by atoms with E-state index in [0.717, 1.165) is 4.68 Å². The summed E-state index contributed by atoms with van der Waals surface area (Å²) in [6, 6.07) is 6.43. The molecule has 7 heteroatoms. The third kappa shape index (κ3) is 2.35. The van der Waals surface area contributed by atoms with Gasteiger partial charge in [0.05, 0.1) is 6.61 Å². The molecule has 0 amide bonds. The molecule has 0 saturated heterocycles. The van der Waals surface area contributed by atoms with Gasteiger partial charge in [0.2, 0.25) is 0 Å². The Morgan fingerprint density at radius 1 is 1.22 bits per heavy atom. The zero-order valence-corrected chi connectivity index (χ0v) is 9.44. The van der Waals surface area contributed by atoms with E-state index < -0.39 is 12.0 Å². The molecule has 0 bridgehead atoms. The Morgan fingerprint density at radius 3 is 2.28 bits per heavy atom. The molecule has 1 aromatic carbocycles. The normalized spacial score (nSPS) is 11.8. The number of aliphatic hydroxyl groups is 1. The van der Waals surface area contributed by atoms with Crippen molar-refractivity contribution in [1.29, 1.82) is 0 Å². The predicted molar refractivity (Wildman–Crippen MR) is 57.4 cm³/mol. The first-order chi connectivity index (χ1) is 8.41. The van der Waals surface area contributed by atoms with Crippen molar-refractivity contribution >= 4 is 0 Å². The second-order valence-electron chi connectivity index (χ2n) is 3.74. The summed E-state index contributed by atoms with van der Waals surface area (Å²) in [6.07, 6.45) is -4.55. The van der Waals surface area contributed by atoms with Crippen LogP contribution in [0.15, 0.2) is 24.3 Å². The highest BCUT2D eigenvalue weighted by Gasteiger charge is 2.36. The van der Waals surface area contributed by atoms with Crippen molar-refractivity contribution < 1.29 is 18.3 Å². The van der Waals surface area contributed by atoms with Crippen LogP contribution in [0, 0.1) is 0 Å². The molecule has 0 atom stereocenters.